The monoisotopic (exact) mass is 465 g/mol. The summed E-state index contributed by atoms with van der Waals surface area (Å²) in [5, 5.41) is 7.17. The fourth-order valence-electron chi connectivity index (χ4n) is 2.76. The summed E-state index contributed by atoms with van der Waals surface area (Å²) in [5.41, 5.74) is -1.06. The summed E-state index contributed by atoms with van der Waals surface area (Å²) < 4.78 is 53.7. The lowest BCUT2D eigenvalue weighted by atomic mass is 10.1. The topological polar surface area (TPSA) is 70.2 Å². The summed E-state index contributed by atoms with van der Waals surface area (Å²) in [6, 6.07) is 14.5. The molecule has 166 valence electrons. The maximum atomic E-state index is 13.5. The molecule has 0 bridgehead atoms. The van der Waals surface area contributed by atoms with Crippen LogP contribution in [0.5, 0.6) is 0 Å². The Morgan fingerprint density at radius 3 is 2.22 bits per heavy atom. The lowest BCUT2D eigenvalue weighted by Gasteiger charge is -2.16. The van der Waals surface area contributed by atoms with Crippen molar-refractivity contribution < 1.29 is 27.2 Å². The van der Waals surface area contributed by atoms with E-state index in [4.69, 9.17) is 11.6 Å². The van der Waals surface area contributed by atoms with Crippen LogP contribution >= 0.6 is 11.6 Å². The van der Waals surface area contributed by atoms with Crippen molar-refractivity contribution in [3.05, 3.63) is 88.7 Å². The highest BCUT2D eigenvalue weighted by molar-refractivity contribution is 6.33. The molecule has 3 aromatic carbocycles. The third kappa shape index (κ3) is 5.98. The maximum Gasteiger partial charge on any atom is 0.418 e. The standard InChI is InChI=1S/C22H16ClF4N3O2/c23-17-10-14(24)6-8-19(17)30-20(31)12-28-18-9-7-15(11-16(18)22(25,26)27)29-21(32)13-4-2-1-3-5-13/h1-11,28H,12H2,(H,29,32)(H,30,31). The number of hydrogen-bond acceptors (Lipinski definition) is 3. The largest absolute Gasteiger partial charge is 0.418 e. The Bertz CT molecular complexity index is 1140. The van der Waals surface area contributed by atoms with Crippen LogP contribution in [0.25, 0.3) is 0 Å². The van der Waals surface area contributed by atoms with E-state index in [-0.39, 0.29) is 22.1 Å². The fraction of sp³-hybridized carbons (Fsp3) is 0.0909. The van der Waals surface area contributed by atoms with Crippen LogP contribution < -0.4 is 16.0 Å². The zero-order valence-electron chi connectivity index (χ0n) is 16.3. The Labute approximate surface area is 185 Å². The average Bonchev–Trinajstić information content (AvgIpc) is 2.74. The van der Waals surface area contributed by atoms with E-state index in [2.05, 4.69) is 16.0 Å². The van der Waals surface area contributed by atoms with Gasteiger partial charge in [-0.25, -0.2) is 4.39 Å². The van der Waals surface area contributed by atoms with E-state index in [9.17, 15) is 27.2 Å². The molecule has 0 aliphatic heterocycles. The van der Waals surface area contributed by atoms with Crippen LogP contribution in [0.2, 0.25) is 5.02 Å². The number of benzene rings is 3. The van der Waals surface area contributed by atoms with E-state index in [1.807, 2.05) is 0 Å². The van der Waals surface area contributed by atoms with Gasteiger partial charge >= 0.3 is 6.18 Å². The van der Waals surface area contributed by atoms with Gasteiger partial charge in [-0.2, -0.15) is 13.2 Å². The van der Waals surface area contributed by atoms with Gasteiger partial charge in [0.2, 0.25) is 5.91 Å². The molecular formula is C22H16ClF4N3O2. The van der Waals surface area contributed by atoms with Gasteiger partial charge in [0.05, 0.1) is 22.8 Å². The highest BCUT2D eigenvalue weighted by Crippen LogP contribution is 2.36. The van der Waals surface area contributed by atoms with Crippen molar-refractivity contribution in [3.63, 3.8) is 0 Å². The number of anilines is 3. The van der Waals surface area contributed by atoms with Crippen LogP contribution in [-0.2, 0) is 11.0 Å². The molecule has 0 unspecified atom stereocenters. The molecule has 10 heteroatoms. The normalized spacial score (nSPS) is 11.0. The van der Waals surface area contributed by atoms with Gasteiger partial charge in [0.15, 0.2) is 0 Å². The minimum Gasteiger partial charge on any atom is -0.376 e. The van der Waals surface area contributed by atoms with E-state index in [1.165, 1.54) is 24.3 Å². The first-order valence-corrected chi connectivity index (χ1v) is 9.57. The zero-order valence-corrected chi connectivity index (χ0v) is 17.0. The highest BCUT2D eigenvalue weighted by atomic mass is 35.5. The number of nitrogens with one attached hydrogen (secondary N) is 3. The van der Waals surface area contributed by atoms with Crippen LogP contribution in [0.1, 0.15) is 15.9 Å². The summed E-state index contributed by atoms with van der Waals surface area (Å²) in [4.78, 5) is 24.3. The van der Waals surface area contributed by atoms with Crippen molar-refractivity contribution >= 4 is 40.5 Å². The van der Waals surface area contributed by atoms with Gasteiger partial charge in [-0.05, 0) is 48.5 Å². The summed E-state index contributed by atoms with van der Waals surface area (Å²) in [6.07, 6.45) is -4.74. The minimum atomic E-state index is -4.74. The summed E-state index contributed by atoms with van der Waals surface area (Å²) in [5.74, 6) is -1.84. The van der Waals surface area contributed by atoms with Gasteiger partial charge in [-0.3, -0.25) is 9.59 Å². The molecule has 0 saturated carbocycles. The molecule has 0 spiro atoms. The molecule has 0 aromatic heterocycles. The van der Waals surface area contributed by atoms with Gasteiger partial charge < -0.3 is 16.0 Å². The summed E-state index contributed by atoms with van der Waals surface area (Å²) >= 11 is 5.82. The van der Waals surface area contributed by atoms with Crippen molar-refractivity contribution in [1.82, 2.24) is 0 Å². The highest BCUT2D eigenvalue weighted by Gasteiger charge is 2.34. The number of hydrogen-bond donors (Lipinski definition) is 3. The summed E-state index contributed by atoms with van der Waals surface area (Å²) in [6.45, 7) is -0.507. The van der Waals surface area contributed by atoms with Crippen LogP contribution in [0.4, 0.5) is 34.6 Å². The minimum absolute atomic E-state index is 0.0483. The number of halogens is 5. The fourth-order valence-corrected chi connectivity index (χ4v) is 2.98. The molecule has 32 heavy (non-hydrogen) atoms. The molecule has 2 amide bonds. The van der Waals surface area contributed by atoms with Crippen molar-refractivity contribution in [2.45, 2.75) is 6.18 Å². The number of carbonyl (C=O) groups is 2. The molecule has 0 heterocycles. The van der Waals surface area contributed by atoms with E-state index in [0.29, 0.717) is 5.56 Å². The van der Waals surface area contributed by atoms with Crippen LogP contribution in [0.15, 0.2) is 66.7 Å². The van der Waals surface area contributed by atoms with E-state index in [1.54, 1.807) is 18.2 Å². The number of carbonyl (C=O) groups excluding carboxylic acids is 2. The first kappa shape index (κ1) is 23.1. The lowest BCUT2D eigenvalue weighted by Crippen LogP contribution is -2.23. The molecule has 3 N–H and O–H groups in total. The van der Waals surface area contributed by atoms with E-state index >= 15 is 0 Å². The smallest absolute Gasteiger partial charge is 0.376 e. The molecule has 3 rings (SSSR count). The average molecular weight is 466 g/mol. The van der Waals surface area contributed by atoms with Crippen LogP contribution in [-0.4, -0.2) is 18.4 Å². The van der Waals surface area contributed by atoms with Crippen molar-refractivity contribution in [1.29, 1.82) is 0 Å². The number of rotatable bonds is 6. The van der Waals surface area contributed by atoms with E-state index in [0.717, 1.165) is 24.3 Å². The molecule has 0 atom stereocenters. The number of amides is 2. The summed E-state index contributed by atoms with van der Waals surface area (Å²) in [7, 11) is 0. The van der Waals surface area contributed by atoms with Gasteiger partial charge in [-0.15, -0.1) is 0 Å². The molecule has 0 radical (unpaired) electrons. The molecule has 5 nitrogen and oxygen atoms in total. The van der Waals surface area contributed by atoms with Crippen molar-refractivity contribution in [2.75, 3.05) is 22.5 Å². The second-order valence-corrected chi connectivity index (χ2v) is 7.01. The lowest BCUT2D eigenvalue weighted by molar-refractivity contribution is -0.137. The molecule has 0 saturated heterocycles. The quantitative estimate of drug-likeness (QED) is 0.403. The van der Waals surface area contributed by atoms with Crippen molar-refractivity contribution in [3.8, 4) is 0 Å². The number of alkyl halides is 3. The first-order chi connectivity index (χ1) is 15.1. The first-order valence-electron chi connectivity index (χ1n) is 9.20. The Morgan fingerprint density at radius 2 is 1.56 bits per heavy atom. The Balaban J connectivity index is 1.72. The Morgan fingerprint density at radius 1 is 0.875 bits per heavy atom. The van der Waals surface area contributed by atoms with Crippen LogP contribution in [0, 0.1) is 5.82 Å². The molecule has 0 aliphatic carbocycles. The van der Waals surface area contributed by atoms with Crippen LogP contribution in [0.3, 0.4) is 0 Å². The third-order valence-corrected chi connectivity index (χ3v) is 4.58. The predicted molar refractivity (Wildman–Crippen MR) is 114 cm³/mol. The SMILES string of the molecule is O=C(CNc1ccc(NC(=O)c2ccccc2)cc1C(F)(F)F)Nc1ccc(F)cc1Cl. The van der Waals surface area contributed by atoms with E-state index < -0.39 is 35.9 Å². The maximum absolute atomic E-state index is 13.5. The Hall–Kier alpha value is -3.59. The molecule has 0 aliphatic rings. The third-order valence-electron chi connectivity index (χ3n) is 4.26. The molecule has 3 aromatic rings. The van der Waals surface area contributed by atoms with Gasteiger partial charge in [0, 0.05) is 16.9 Å². The van der Waals surface area contributed by atoms with Gasteiger partial charge in [0.25, 0.3) is 5.91 Å². The predicted octanol–water partition coefficient (Wildman–Crippen LogP) is 5.80. The van der Waals surface area contributed by atoms with Gasteiger partial charge in [0.1, 0.15) is 5.82 Å². The second kappa shape index (κ2) is 9.69. The van der Waals surface area contributed by atoms with Crippen molar-refractivity contribution in [2.24, 2.45) is 0 Å². The zero-order chi connectivity index (χ0) is 23.3. The second-order valence-electron chi connectivity index (χ2n) is 6.60. The molecular weight excluding hydrogens is 450 g/mol. The Kier molecular flexibility index (Phi) is 6.99. The molecule has 0 fully saturated rings. The van der Waals surface area contributed by atoms with Gasteiger partial charge in [-0.1, -0.05) is 29.8 Å².